The van der Waals surface area contributed by atoms with Crippen molar-refractivity contribution in [3.05, 3.63) is 34.8 Å². The molecule has 0 fully saturated rings. The Balaban J connectivity index is 2.11. The summed E-state index contributed by atoms with van der Waals surface area (Å²) in [5, 5.41) is 23.8. The molecule has 0 aliphatic carbocycles. The van der Waals surface area contributed by atoms with E-state index >= 15 is 0 Å². The topological polar surface area (TPSA) is 58.3 Å². The van der Waals surface area contributed by atoms with Crippen LogP contribution in [0.5, 0.6) is 0 Å². The van der Waals surface area contributed by atoms with Crippen molar-refractivity contribution in [3.63, 3.8) is 0 Å². The van der Waals surface area contributed by atoms with E-state index in [1.807, 2.05) is 17.5 Å². The van der Waals surface area contributed by atoms with Crippen molar-refractivity contribution in [1.29, 1.82) is 0 Å². The average molecular weight is 208 g/mol. The Morgan fingerprint density at radius 2 is 2.36 bits per heavy atom. The third-order valence-corrected chi connectivity index (χ3v) is 2.71. The highest BCUT2D eigenvalue weighted by Gasteiger charge is 2.12. The van der Waals surface area contributed by atoms with Gasteiger partial charge in [0.25, 0.3) is 0 Å². The largest absolute Gasteiger partial charge is 0.491 e. The number of hydrogen-bond donors (Lipinski definition) is 2. The monoisotopic (exact) mass is 208 g/mol. The standard InChI is InChI=1S/C8H9BN2O2S/c12-9(13)7-4-10-11(5-7)6-8-2-1-3-14-8/h1-5,12-13H,6H2. The summed E-state index contributed by atoms with van der Waals surface area (Å²) in [7, 11) is -1.44. The predicted molar refractivity (Wildman–Crippen MR) is 55.5 cm³/mol. The maximum atomic E-state index is 8.87. The van der Waals surface area contributed by atoms with Gasteiger partial charge in [-0.3, -0.25) is 4.68 Å². The van der Waals surface area contributed by atoms with Crippen molar-refractivity contribution < 1.29 is 10.0 Å². The van der Waals surface area contributed by atoms with E-state index in [1.54, 1.807) is 22.2 Å². The number of nitrogens with zero attached hydrogens (tertiary/aromatic N) is 2. The smallest absolute Gasteiger partial charge is 0.423 e. The highest BCUT2D eigenvalue weighted by atomic mass is 32.1. The van der Waals surface area contributed by atoms with Gasteiger partial charge >= 0.3 is 7.12 Å². The van der Waals surface area contributed by atoms with E-state index in [9.17, 15) is 0 Å². The molecule has 0 bridgehead atoms. The molecule has 0 saturated carbocycles. The quantitative estimate of drug-likeness (QED) is 0.679. The first-order chi connectivity index (χ1) is 6.75. The molecule has 0 aliphatic rings. The van der Waals surface area contributed by atoms with Gasteiger partial charge in [0, 0.05) is 22.7 Å². The Labute approximate surface area is 85.6 Å². The van der Waals surface area contributed by atoms with Gasteiger partial charge in [-0.15, -0.1) is 11.3 Å². The number of hydrogen-bond acceptors (Lipinski definition) is 4. The van der Waals surface area contributed by atoms with E-state index in [2.05, 4.69) is 5.10 Å². The molecule has 72 valence electrons. The van der Waals surface area contributed by atoms with Crippen molar-refractivity contribution >= 4 is 23.9 Å². The molecule has 2 aromatic heterocycles. The molecular weight excluding hydrogens is 199 g/mol. The Morgan fingerprint density at radius 3 is 2.93 bits per heavy atom. The lowest BCUT2D eigenvalue weighted by Crippen LogP contribution is -2.28. The first kappa shape index (κ1) is 9.45. The zero-order chi connectivity index (χ0) is 9.97. The molecule has 0 saturated heterocycles. The van der Waals surface area contributed by atoms with Crippen LogP contribution in [0.25, 0.3) is 0 Å². The van der Waals surface area contributed by atoms with Gasteiger partial charge in [-0.1, -0.05) is 6.07 Å². The zero-order valence-electron chi connectivity index (χ0n) is 7.37. The van der Waals surface area contributed by atoms with Gasteiger partial charge in [0.05, 0.1) is 6.54 Å². The highest BCUT2D eigenvalue weighted by molar-refractivity contribution is 7.09. The van der Waals surface area contributed by atoms with Crippen LogP contribution in [0.2, 0.25) is 0 Å². The number of rotatable bonds is 3. The van der Waals surface area contributed by atoms with Gasteiger partial charge in [0.2, 0.25) is 0 Å². The third kappa shape index (κ3) is 2.04. The van der Waals surface area contributed by atoms with Crippen LogP contribution >= 0.6 is 11.3 Å². The lowest BCUT2D eigenvalue weighted by molar-refractivity contribution is 0.425. The summed E-state index contributed by atoms with van der Waals surface area (Å²) in [5.41, 5.74) is 0.418. The van der Waals surface area contributed by atoms with E-state index in [1.165, 1.54) is 11.1 Å². The van der Waals surface area contributed by atoms with Gasteiger partial charge in [0.15, 0.2) is 0 Å². The molecule has 0 atom stereocenters. The van der Waals surface area contributed by atoms with Crippen LogP contribution in [0, 0.1) is 0 Å². The molecule has 0 unspecified atom stereocenters. The molecule has 14 heavy (non-hydrogen) atoms. The summed E-state index contributed by atoms with van der Waals surface area (Å²) in [6.45, 7) is 0.671. The third-order valence-electron chi connectivity index (χ3n) is 1.85. The van der Waals surface area contributed by atoms with Crippen molar-refractivity contribution in [2.24, 2.45) is 0 Å². The summed E-state index contributed by atoms with van der Waals surface area (Å²) in [5.74, 6) is 0. The van der Waals surface area contributed by atoms with Gasteiger partial charge in [0.1, 0.15) is 0 Å². The fraction of sp³-hybridized carbons (Fsp3) is 0.125. The second-order valence-electron chi connectivity index (χ2n) is 2.92. The maximum Gasteiger partial charge on any atom is 0.491 e. The van der Waals surface area contributed by atoms with Crippen molar-refractivity contribution in [2.75, 3.05) is 0 Å². The average Bonchev–Trinajstić information content (AvgIpc) is 2.75. The minimum absolute atomic E-state index is 0.418. The van der Waals surface area contributed by atoms with Crippen LogP contribution in [0.1, 0.15) is 4.88 Å². The summed E-state index contributed by atoms with van der Waals surface area (Å²) in [6, 6.07) is 3.99. The molecule has 4 nitrogen and oxygen atoms in total. The predicted octanol–water partition coefficient (Wildman–Crippen LogP) is -0.327. The van der Waals surface area contributed by atoms with E-state index < -0.39 is 7.12 Å². The molecule has 0 aromatic carbocycles. The minimum Gasteiger partial charge on any atom is -0.423 e. The van der Waals surface area contributed by atoms with Crippen LogP contribution in [0.15, 0.2) is 29.9 Å². The van der Waals surface area contributed by atoms with Gasteiger partial charge < -0.3 is 10.0 Å². The Bertz CT molecular complexity index is 399. The molecule has 2 N–H and O–H groups in total. The minimum atomic E-state index is -1.44. The summed E-state index contributed by atoms with van der Waals surface area (Å²) in [4.78, 5) is 1.19. The second kappa shape index (κ2) is 3.95. The highest BCUT2D eigenvalue weighted by Crippen LogP contribution is 2.09. The van der Waals surface area contributed by atoms with Crippen LogP contribution in [0.4, 0.5) is 0 Å². The fourth-order valence-electron chi connectivity index (χ4n) is 1.16. The van der Waals surface area contributed by atoms with Crippen LogP contribution in [-0.4, -0.2) is 26.9 Å². The zero-order valence-corrected chi connectivity index (χ0v) is 8.18. The SMILES string of the molecule is OB(O)c1cnn(Cc2cccs2)c1. The number of aromatic nitrogens is 2. The molecule has 2 rings (SSSR count). The summed E-state index contributed by atoms with van der Waals surface area (Å²) in [6.07, 6.45) is 3.09. The van der Waals surface area contributed by atoms with Crippen LogP contribution in [0.3, 0.4) is 0 Å². The van der Waals surface area contributed by atoms with E-state index in [0.717, 1.165) is 0 Å². The molecule has 0 radical (unpaired) electrons. The lowest BCUT2D eigenvalue weighted by Gasteiger charge is -1.96. The first-order valence-electron chi connectivity index (χ1n) is 4.16. The van der Waals surface area contributed by atoms with E-state index in [-0.39, 0.29) is 0 Å². The van der Waals surface area contributed by atoms with Crippen LogP contribution in [-0.2, 0) is 6.54 Å². The maximum absolute atomic E-state index is 8.87. The van der Waals surface area contributed by atoms with Gasteiger partial charge in [-0.25, -0.2) is 0 Å². The lowest BCUT2D eigenvalue weighted by atomic mass is 9.83. The Morgan fingerprint density at radius 1 is 1.50 bits per heavy atom. The molecule has 2 aromatic rings. The Kier molecular flexibility index (Phi) is 2.67. The number of thiophene rings is 1. The van der Waals surface area contributed by atoms with Gasteiger partial charge in [-0.05, 0) is 11.4 Å². The molecular formula is C8H9BN2O2S. The summed E-state index contributed by atoms with van der Waals surface area (Å²) < 4.78 is 1.68. The molecule has 0 aliphatic heterocycles. The second-order valence-corrected chi connectivity index (χ2v) is 3.96. The molecule has 2 heterocycles. The van der Waals surface area contributed by atoms with Crippen molar-refractivity contribution in [3.8, 4) is 0 Å². The van der Waals surface area contributed by atoms with Crippen LogP contribution < -0.4 is 5.46 Å². The first-order valence-corrected chi connectivity index (χ1v) is 5.04. The van der Waals surface area contributed by atoms with E-state index in [0.29, 0.717) is 12.0 Å². The van der Waals surface area contributed by atoms with E-state index in [4.69, 9.17) is 10.0 Å². The summed E-state index contributed by atoms with van der Waals surface area (Å²) >= 11 is 1.65. The Hall–Kier alpha value is -1.11. The van der Waals surface area contributed by atoms with Gasteiger partial charge in [-0.2, -0.15) is 5.10 Å². The van der Waals surface area contributed by atoms with Crippen molar-refractivity contribution in [2.45, 2.75) is 6.54 Å². The normalized spacial score (nSPS) is 10.4. The molecule has 0 amide bonds. The molecule has 6 heteroatoms. The molecule has 0 spiro atoms. The van der Waals surface area contributed by atoms with Crippen molar-refractivity contribution in [1.82, 2.24) is 9.78 Å². The fourth-order valence-corrected chi connectivity index (χ4v) is 1.86.